The van der Waals surface area contributed by atoms with Gasteiger partial charge in [0.25, 0.3) is 0 Å². The van der Waals surface area contributed by atoms with Crippen LogP contribution in [0.3, 0.4) is 0 Å². The largest absolute Gasteiger partial charge is 0.399 e. The number of aromatic nitrogens is 2. The van der Waals surface area contributed by atoms with Crippen LogP contribution in [-0.4, -0.2) is 10.1 Å². The summed E-state index contributed by atoms with van der Waals surface area (Å²) < 4.78 is 5.43. The Kier molecular flexibility index (Phi) is 4.93. The highest BCUT2D eigenvalue weighted by Crippen LogP contribution is 2.25. The Labute approximate surface area is 163 Å². The van der Waals surface area contributed by atoms with E-state index in [1.165, 1.54) is 5.56 Å². The molecule has 0 radical (unpaired) electrons. The van der Waals surface area contributed by atoms with E-state index < -0.39 is 0 Å². The molecule has 0 spiro atoms. The maximum absolute atomic E-state index is 5.90. The van der Waals surface area contributed by atoms with Crippen LogP contribution in [0.15, 0.2) is 77.4 Å². The quantitative estimate of drug-likeness (QED) is 0.441. The summed E-state index contributed by atoms with van der Waals surface area (Å²) in [5.74, 6) is 1.06. The number of nitrogens with one attached hydrogen (secondary N) is 1. The van der Waals surface area contributed by atoms with Crippen molar-refractivity contribution in [1.29, 1.82) is 0 Å². The topological polar surface area (TPSA) is 103 Å². The van der Waals surface area contributed by atoms with Gasteiger partial charge >= 0.3 is 0 Å². The van der Waals surface area contributed by atoms with Gasteiger partial charge in [-0.2, -0.15) is 0 Å². The minimum absolute atomic E-state index is 0.433. The first-order valence-corrected chi connectivity index (χ1v) is 9.01. The number of pyridine rings is 1. The van der Waals surface area contributed by atoms with Gasteiger partial charge in [0.15, 0.2) is 5.76 Å². The van der Waals surface area contributed by atoms with Crippen molar-refractivity contribution in [3.63, 3.8) is 0 Å². The van der Waals surface area contributed by atoms with E-state index in [-0.39, 0.29) is 0 Å². The summed E-state index contributed by atoms with van der Waals surface area (Å²) in [4.78, 5) is 4.08. The van der Waals surface area contributed by atoms with Crippen molar-refractivity contribution in [2.45, 2.75) is 13.0 Å². The van der Waals surface area contributed by atoms with Gasteiger partial charge in [-0.05, 0) is 41.5 Å². The second-order valence-electron chi connectivity index (χ2n) is 6.59. The maximum Gasteiger partial charge on any atom is 0.170 e. The summed E-state index contributed by atoms with van der Waals surface area (Å²) >= 11 is 0. The fourth-order valence-electron chi connectivity index (χ4n) is 2.98. The maximum atomic E-state index is 5.90. The first kappa shape index (κ1) is 17.6. The van der Waals surface area contributed by atoms with Crippen LogP contribution in [-0.2, 0) is 13.0 Å². The number of nitrogen functional groups attached to an aromatic ring is 2. The van der Waals surface area contributed by atoms with Crippen LogP contribution in [0, 0.1) is 0 Å². The molecular weight excluding hydrogens is 350 g/mol. The van der Waals surface area contributed by atoms with Crippen molar-refractivity contribution in [3.05, 3.63) is 89.7 Å². The second kappa shape index (κ2) is 7.84. The smallest absolute Gasteiger partial charge is 0.170 e. The van der Waals surface area contributed by atoms with E-state index in [4.69, 9.17) is 16.0 Å². The molecule has 0 unspecified atom stereocenters. The van der Waals surface area contributed by atoms with E-state index in [0.717, 1.165) is 34.7 Å². The SMILES string of the molecule is Nc1cccc(NCc2ccc(Cc3cc(-c4cccnc4N)on3)cc2)c1. The highest BCUT2D eigenvalue weighted by atomic mass is 16.5. The normalized spacial score (nSPS) is 10.7. The zero-order valence-electron chi connectivity index (χ0n) is 15.3. The van der Waals surface area contributed by atoms with Crippen molar-refractivity contribution in [3.8, 4) is 11.3 Å². The molecule has 0 saturated carbocycles. The lowest BCUT2D eigenvalue weighted by Gasteiger charge is -2.08. The molecule has 0 aliphatic heterocycles. The second-order valence-corrected chi connectivity index (χ2v) is 6.59. The fraction of sp³-hybridized carbons (Fsp3) is 0.0909. The zero-order valence-corrected chi connectivity index (χ0v) is 15.3. The molecule has 4 rings (SSSR count). The Morgan fingerprint density at radius 1 is 0.893 bits per heavy atom. The molecule has 28 heavy (non-hydrogen) atoms. The van der Waals surface area contributed by atoms with Gasteiger partial charge in [0, 0.05) is 36.6 Å². The molecule has 6 heteroatoms. The molecule has 0 aliphatic rings. The Morgan fingerprint density at radius 2 is 1.71 bits per heavy atom. The van der Waals surface area contributed by atoms with Crippen LogP contribution < -0.4 is 16.8 Å². The summed E-state index contributed by atoms with van der Waals surface area (Å²) in [6.07, 6.45) is 2.34. The van der Waals surface area contributed by atoms with Crippen LogP contribution in [0.5, 0.6) is 0 Å². The monoisotopic (exact) mass is 371 g/mol. The lowest BCUT2D eigenvalue weighted by molar-refractivity contribution is 0.425. The summed E-state index contributed by atoms with van der Waals surface area (Å²) in [6.45, 7) is 0.734. The molecule has 0 bridgehead atoms. The molecule has 0 aliphatic carbocycles. The predicted octanol–water partition coefficient (Wildman–Crippen LogP) is 4.10. The molecule has 0 saturated heterocycles. The first-order valence-electron chi connectivity index (χ1n) is 9.01. The minimum atomic E-state index is 0.433. The molecular formula is C22H21N5O. The average molecular weight is 371 g/mol. The van der Waals surface area contributed by atoms with Crippen LogP contribution in [0.25, 0.3) is 11.3 Å². The third-order valence-corrected chi connectivity index (χ3v) is 4.45. The van der Waals surface area contributed by atoms with Crippen LogP contribution in [0.2, 0.25) is 0 Å². The number of nitrogens with zero attached hydrogens (tertiary/aromatic N) is 2. The van der Waals surface area contributed by atoms with Crippen molar-refractivity contribution in [2.75, 3.05) is 16.8 Å². The number of benzene rings is 2. The molecule has 6 nitrogen and oxygen atoms in total. The van der Waals surface area contributed by atoms with Crippen LogP contribution >= 0.6 is 0 Å². The first-order chi connectivity index (χ1) is 13.7. The predicted molar refractivity (Wildman–Crippen MR) is 112 cm³/mol. The Morgan fingerprint density at radius 3 is 2.50 bits per heavy atom. The lowest BCUT2D eigenvalue weighted by atomic mass is 10.1. The number of anilines is 3. The third kappa shape index (κ3) is 4.12. The van der Waals surface area contributed by atoms with Gasteiger partial charge in [0.05, 0.1) is 11.3 Å². The van der Waals surface area contributed by atoms with E-state index in [0.29, 0.717) is 18.0 Å². The Balaban J connectivity index is 1.39. The van der Waals surface area contributed by atoms with Crippen molar-refractivity contribution < 1.29 is 4.52 Å². The summed E-state index contributed by atoms with van der Waals surface area (Å²) in [7, 11) is 0. The van der Waals surface area contributed by atoms with Crippen LogP contribution in [0.1, 0.15) is 16.8 Å². The summed E-state index contributed by atoms with van der Waals surface area (Å²) in [6, 6.07) is 21.7. The van der Waals surface area contributed by atoms with Crippen molar-refractivity contribution >= 4 is 17.2 Å². The van der Waals surface area contributed by atoms with E-state index in [1.54, 1.807) is 6.20 Å². The number of hydrogen-bond donors (Lipinski definition) is 3. The van der Waals surface area contributed by atoms with Gasteiger partial charge in [-0.3, -0.25) is 0 Å². The van der Waals surface area contributed by atoms with E-state index in [2.05, 4.69) is 39.7 Å². The van der Waals surface area contributed by atoms with Gasteiger partial charge < -0.3 is 21.3 Å². The molecule has 2 heterocycles. The summed E-state index contributed by atoms with van der Waals surface area (Å²) in [5, 5.41) is 7.53. The Bertz CT molecular complexity index is 1070. The molecule has 0 atom stereocenters. The molecule has 0 fully saturated rings. The van der Waals surface area contributed by atoms with E-state index in [9.17, 15) is 0 Å². The average Bonchev–Trinajstić information content (AvgIpc) is 3.16. The van der Waals surface area contributed by atoms with Gasteiger partial charge in [-0.15, -0.1) is 0 Å². The Hall–Kier alpha value is -3.80. The van der Waals surface area contributed by atoms with E-state index >= 15 is 0 Å². The minimum Gasteiger partial charge on any atom is -0.399 e. The van der Waals surface area contributed by atoms with Gasteiger partial charge in [-0.1, -0.05) is 35.5 Å². The highest BCUT2D eigenvalue weighted by molar-refractivity contribution is 5.69. The molecule has 5 N–H and O–H groups in total. The highest BCUT2D eigenvalue weighted by Gasteiger charge is 2.10. The van der Waals surface area contributed by atoms with Gasteiger partial charge in [0.1, 0.15) is 5.82 Å². The number of rotatable bonds is 6. The molecule has 4 aromatic rings. The fourth-order valence-corrected chi connectivity index (χ4v) is 2.98. The molecule has 140 valence electrons. The summed E-state index contributed by atoms with van der Waals surface area (Å²) in [5.41, 5.74) is 17.4. The van der Waals surface area contributed by atoms with E-state index in [1.807, 2.05) is 42.5 Å². The van der Waals surface area contributed by atoms with Gasteiger partial charge in [-0.25, -0.2) is 4.98 Å². The lowest BCUT2D eigenvalue weighted by Crippen LogP contribution is -2.00. The van der Waals surface area contributed by atoms with Crippen molar-refractivity contribution in [2.24, 2.45) is 0 Å². The number of hydrogen-bond acceptors (Lipinski definition) is 6. The van der Waals surface area contributed by atoms with Gasteiger partial charge in [0.2, 0.25) is 0 Å². The standard InChI is InChI=1S/C22H21N5O/c23-17-3-1-4-18(12-17)26-14-16-8-6-15(7-9-16)11-19-13-21(28-27-19)20-5-2-10-25-22(20)24/h1-10,12-13,26H,11,14,23H2,(H2,24,25). The van der Waals surface area contributed by atoms with Crippen LogP contribution in [0.4, 0.5) is 17.2 Å². The van der Waals surface area contributed by atoms with Crippen molar-refractivity contribution in [1.82, 2.24) is 10.1 Å². The molecule has 2 aromatic carbocycles. The molecule has 0 amide bonds. The number of nitrogens with two attached hydrogens (primary N) is 2. The third-order valence-electron chi connectivity index (χ3n) is 4.45. The molecule has 2 aromatic heterocycles. The zero-order chi connectivity index (χ0) is 19.3.